The van der Waals surface area contributed by atoms with Gasteiger partial charge in [0.2, 0.25) is 11.0 Å². The molecule has 0 bridgehead atoms. The molecule has 1 N–H and O–H groups in total. The molecule has 188 valence electrons. The number of halogens is 1. The molecule has 0 radical (unpaired) electrons. The molecule has 6 nitrogen and oxygen atoms in total. The minimum atomic E-state index is -0.233. The van der Waals surface area contributed by atoms with Crippen molar-refractivity contribution < 1.29 is 9.59 Å². The van der Waals surface area contributed by atoms with E-state index in [4.69, 9.17) is 11.6 Å². The number of thioether (sulfide) groups is 1. The summed E-state index contributed by atoms with van der Waals surface area (Å²) in [4.78, 5) is 28.7. The molecule has 1 atom stereocenters. The number of hydrogen-bond donors (Lipinski definition) is 1. The van der Waals surface area contributed by atoms with E-state index in [1.54, 1.807) is 17.8 Å². The number of para-hydroxylation sites is 1. The first-order valence-corrected chi connectivity index (χ1v) is 14.2. The zero-order chi connectivity index (χ0) is 25.8. The maximum atomic E-state index is 13.1. The van der Waals surface area contributed by atoms with Crippen LogP contribution in [0.1, 0.15) is 45.8 Å². The van der Waals surface area contributed by atoms with Crippen LogP contribution in [0.5, 0.6) is 0 Å². The van der Waals surface area contributed by atoms with E-state index in [1.165, 1.54) is 11.3 Å². The van der Waals surface area contributed by atoms with Gasteiger partial charge >= 0.3 is 0 Å². The monoisotopic (exact) mass is 548 g/mol. The first kappa shape index (κ1) is 25.4. The summed E-state index contributed by atoms with van der Waals surface area (Å²) in [5.74, 6) is 0.515. The molecule has 1 aliphatic rings. The molecule has 5 rings (SSSR count). The third-order valence-electron chi connectivity index (χ3n) is 6.24. The molecular weight excluding hydrogens is 524 g/mol. The van der Waals surface area contributed by atoms with Crippen LogP contribution in [0.4, 0.5) is 10.8 Å². The molecule has 1 saturated heterocycles. The Hall–Kier alpha value is -3.20. The third kappa shape index (κ3) is 5.87. The predicted octanol–water partition coefficient (Wildman–Crippen LogP) is 6.82. The summed E-state index contributed by atoms with van der Waals surface area (Å²) >= 11 is 8.90. The quantitative estimate of drug-likeness (QED) is 0.244. The van der Waals surface area contributed by atoms with Crippen molar-refractivity contribution >= 4 is 57.3 Å². The minimum Gasteiger partial charge on any atom is -0.311 e. The normalized spacial score (nSPS) is 15.2. The van der Waals surface area contributed by atoms with Gasteiger partial charge in [0.1, 0.15) is 5.01 Å². The van der Waals surface area contributed by atoms with E-state index in [0.29, 0.717) is 28.7 Å². The predicted molar refractivity (Wildman–Crippen MR) is 151 cm³/mol. The summed E-state index contributed by atoms with van der Waals surface area (Å²) in [5, 5.41) is 13.3. The number of carbonyl (C=O) groups is 2. The maximum absolute atomic E-state index is 13.1. The Kier molecular flexibility index (Phi) is 7.88. The third-order valence-corrected chi connectivity index (χ3v) is 8.64. The molecule has 3 aromatic carbocycles. The Balaban J connectivity index is 1.25. The van der Waals surface area contributed by atoms with Gasteiger partial charge in [-0.15, -0.1) is 22.0 Å². The lowest BCUT2D eigenvalue weighted by Crippen LogP contribution is -2.25. The number of rotatable bonds is 8. The van der Waals surface area contributed by atoms with Crippen LogP contribution in [0.2, 0.25) is 5.02 Å². The molecule has 2 heterocycles. The minimum absolute atomic E-state index is 0.0530. The molecule has 2 amide bonds. The Labute approximate surface area is 229 Å². The van der Waals surface area contributed by atoms with Gasteiger partial charge in [0.15, 0.2) is 0 Å². The van der Waals surface area contributed by atoms with Crippen molar-refractivity contribution in [2.24, 2.45) is 0 Å². The first-order valence-electron chi connectivity index (χ1n) is 12.0. The van der Waals surface area contributed by atoms with Crippen molar-refractivity contribution in [1.29, 1.82) is 0 Å². The van der Waals surface area contributed by atoms with Crippen LogP contribution < -0.4 is 10.2 Å². The lowest BCUT2D eigenvalue weighted by Gasteiger charge is -2.19. The summed E-state index contributed by atoms with van der Waals surface area (Å²) in [7, 11) is 0. The van der Waals surface area contributed by atoms with Gasteiger partial charge in [0.05, 0.1) is 5.56 Å². The van der Waals surface area contributed by atoms with E-state index in [1.807, 2.05) is 65.6 Å². The Bertz CT molecular complexity index is 1420. The van der Waals surface area contributed by atoms with E-state index in [-0.39, 0.29) is 17.7 Å². The number of benzene rings is 3. The fraction of sp³-hybridized carbons (Fsp3) is 0.214. The van der Waals surface area contributed by atoms with E-state index in [9.17, 15) is 9.59 Å². The molecule has 9 heteroatoms. The number of carbonyl (C=O) groups excluding carboxylic acids is 2. The number of amides is 2. The van der Waals surface area contributed by atoms with Gasteiger partial charge in [-0.25, -0.2) is 0 Å². The standard InChI is InChI=1S/C28H25ClN4O2S2/c1-2-19-7-3-5-9-23(19)33-16-20(15-25(33)34)27-31-32-28(37-27)30-26(35)22-8-4-6-10-24(22)36-17-18-11-13-21(29)14-12-18/h3-14,20H,2,15-17H2,1H3,(H,30,32,35). The average Bonchev–Trinajstić information content (AvgIpc) is 3.55. The van der Waals surface area contributed by atoms with Crippen molar-refractivity contribution in [3.63, 3.8) is 0 Å². The Morgan fingerprint density at radius 1 is 1.08 bits per heavy atom. The Morgan fingerprint density at radius 2 is 1.84 bits per heavy atom. The molecule has 0 saturated carbocycles. The Morgan fingerprint density at radius 3 is 2.65 bits per heavy atom. The van der Waals surface area contributed by atoms with Crippen LogP contribution in [0.15, 0.2) is 77.7 Å². The average molecular weight is 549 g/mol. The molecule has 1 aromatic heterocycles. The van der Waals surface area contributed by atoms with Gasteiger partial charge in [0, 0.05) is 40.2 Å². The fourth-order valence-corrected chi connectivity index (χ4v) is 6.28. The summed E-state index contributed by atoms with van der Waals surface area (Å²) in [5.41, 5.74) is 3.81. The number of hydrogen-bond acceptors (Lipinski definition) is 6. The zero-order valence-corrected chi connectivity index (χ0v) is 22.6. The van der Waals surface area contributed by atoms with E-state index in [2.05, 4.69) is 28.5 Å². The molecule has 37 heavy (non-hydrogen) atoms. The zero-order valence-electron chi connectivity index (χ0n) is 20.2. The molecule has 0 spiro atoms. The van der Waals surface area contributed by atoms with Gasteiger partial charge in [-0.05, 0) is 47.9 Å². The lowest BCUT2D eigenvalue weighted by atomic mass is 10.1. The van der Waals surface area contributed by atoms with Gasteiger partial charge in [-0.3, -0.25) is 14.9 Å². The lowest BCUT2D eigenvalue weighted by molar-refractivity contribution is -0.117. The SMILES string of the molecule is CCc1ccccc1N1CC(c2nnc(NC(=O)c3ccccc3SCc3ccc(Cl)cc3)s2)CC1=O. The van der Waals surface area contributed by atoms with E-state index < -0.39 is 0 Å². The number of nitrogens with one attached hydrogen (secondary N) is 1. The second kappa shape index (κ2) is 11.5. The van der Waals surface area contributed by atoms with Crippen LogP contribution in [0, 0.1) is 0 Å². The second-order valence-corrected chi connectivity index (χ2v) is 11.2. The van der Waals surface area contributed by atoms with Crippen LogP contribution in [-0.4, -0.2) is 28.6 Å². The van der Waals surface area contributed by atoms with Crippen molar-refractivity contribution in [2.45, 2.75) is 36.3 Å². The van der Waals surface area contributed by atoms with E-state index >= 15 is 0 Å². The molecule has 1 aliphatic heterocycles. The maximum Gasteiger partial charge on any atom is 0.258 e. The van der Waals surface area contributed by atoms with E-state index in [0.717, 1.165) is 38.9 Å². The van der Waals surface area contributed by atoms with Gasteiger partial charge in [0.25, 0.3) is 5.91 Å². The number of aromatic nitrogens is 2. The van der Waals surface area contributed by atoms with Crippen LogP contribution in [-0.2, 0) is 17.0 Å². The molecular formula is C28H25ClN4O2S2. The molecule has 1 unspecified atom stereocenters. The second-order valence-electron chi connectivity index (χ2n) is 8.70. The largest absolute Gasteiger partial charge is 0.311 e. The van der Waals surface area contributed by atoms with Crippen LogP contribution in [0.25, 0.3) is 0 Å². The fourth-order valence-electron chi connectivity index (χ4n) is 4.32. The summed E-state index contributed by atoms with van der Waals surface area (Å²) in [6, 6.07) is 23.2. The molecule has 4 aromatic rings. The highest BCUT2D eigenvalue weighted by Gasteiger charge is 2.34. The highest BCUT2D eigenvalue weighted by atomic mass is 35.5. The van der Waals surface area contributed by atoms with Crippen molar-refractivity contribution in [3.05, 3.63) is 99.5 Å². The number of nitrogens with zero attached hydrogens (tertiary/aromatic N) is 3. The van der Waals surface area contributed by atoms with Crippen molar-refractivity contribution in [2.75, 3.05) is 16.8 Å². The summed E-state index contributed by atoms with van der Waals surface area (Å²) in [6.07, 6.45) is 1.24. The topological polar surface area (TPSA) is 75.2 Å². The number of anilines is 2. The van der Waals surface area contributed by atoms with Crippen molar-refractivity contribution in [1.82, 2.24) is 10.2 Å². The van der Waals surface area contributed by atoms with Gasteiger partial charge < -0.3 is 4.90 Å². The highest BCUT2D eigenvalue weighted by molar-refractivity contribution is 7.98. The summed E-state index contributed by atoms with van der Waals surface area (Å²) < 4.78 is 0. The van der Waals surface area contributed by atoms with Crippen molar-refractivity contribution in [3.8, 4) is 0 Å². The van der Waals surface area contributed by atoms with Crippen LogP contribution in [0.3, 0.4) is 0 Å². The highest BCUT2D eigenvalue weighted by Crippen LogP contribution is 2.36. The van der Waals surface area contributed by atoms with Gasteiger partial charge in [-0.2, -0.15) is 0 Å². The first-order chi connectivity index (χ1) is 18.0. The molecule has 0 aliphatic carbocycles. The van der Waals surface area contributed by atoms with Gasteiger partial charge in [-0.1, -0.05) is 72.3 Å². The molecule has 1 fully saturated rings. The van der Waals surface area contributed by atoms with Crippen LogP contribution >= 0.6 is 34.7 Å². The smallest absolute Gasteiger partial charge is 0.258 e. The summed E-state index contributed by atoms with van der Waals surface area (Å²) in [6.45, 7) is 2.65. The number of aryl methyl sites for hydroxylation is 1.